The minimum Gasteiger partial charge on any atom is -0.477 e. The summed E-state index contributed by atoms with van der Waals surface area (Å²) >= 11 is 0. The van der Waals surface area contributed by atoms with E-state index in [4.69, 9.17) is 9.47 Å². The molecule has 2 rings (SSSR count). The van der Waals surface area contributed by atoms with Crippen LogP contribution in [0.3, 0.4) is 0 Å². The molecule has 4 heteroatoms. The van der Waals surface area contributed by atoms with Crippen molar-refractivity contribution in [2.45, 2.75) is 33.7 Å². The molecule has 1 N–H and O–H groups in total. The topological polar surface area (TPSA) is 43.4 Å². The summed E-state index contributed by atoms with van der Waals surface area (Å²) in [4.78, 5) is 4.54. The van der Waals surface area contributed by atoms with E-state index >= 15 is 0 Å². The standard InChI is InChI=1S/C15H24N2O2/c1-4-16-8-14-11(2)7-12(3)17-15(14)19-10-13-5-6-18-9-13/h7,13,16H,4-6,8-10H2,1-3H3. The van der Waals surface area contributed by atoms with E-state index in [1.54, 1.807) is 0 Å². The molecule has 1 saturated heterocycles. The van der Waals surface area contributed by atoms with Gasteiger partial charge < -0.3 is 14.8 Å². The van der Waals surface area contributed by atoms with Crippen LogP contribution in [-0.2, 0) is 11.3 Å². The van der Waals surface area contributed by atoms with Crippen LogP contribution in [0.4, 0.5) is 0 Å². The average molecular weight is 264 g/mol. The number of pyridine rings is 1. The van der Waals surface area contributed by atoms with Gasteiger partial charge >= 0.3 is 0 Å². The zero-order valence-electron chi connectivity index (χ0n) is 12.2. The molecule has 1 aliphatic heterocycles. The van der Waals surface area contributed by atoms with Crippen LogP contribution in [0.2, 0.25) is 0 Å². The molecule has 1 aliphatic rings. The van der Waals surface area contributed by atoms with Crippen molar-refractivity contribution in [2.75, 3.05) is 26.4 Å². The van der Waals surface area contributed by atoms with Gasteiger partial charge in [0.15, 0.2) is 0 Å². The Labute approximate surface area is 115 Å². The average Bonchev–Trinajstić information content (AvgIpc) is 2.88. The number of nitrogens with one attached hydrogen (secondary N) is 1. The van der Waals surface area contributed by atoms with Gasteiger partial charge in [0.2, 0.25) is 5.88 Å². The van der Waals surface area contributed by atoms with Crippen molar-refractivity contribution < 1.29 is 9.47 Å². The Bertz CT molecular complexity index is 415. The largest absolute Gasteiger partial charge is 0.477 e. The molecular formula is C15H24N2O2. The molecular weight excluding hydrogens is 240 g/mol. The molecule has 0 aromatic carbocycles. The van der Waals surface area contributed by atoms with Crippen molar-refractivity contribution in [1.82, 2.24) is 10.3 Å². The highest BCUT2D eigenvalue weighted by Crippen LogP contribution is 2.22. The molecule has 0 aliphatic carbocycles. The molecule has 19 heavy (non-hydrogen) atoms. The molecule has 0 amide bonds. The Balaban J connectivity index is 2.07. The Morgan fingerprint density at radius 2 is 2.32 bits per heavy atom. The first kappa shape index (κ1) is 14.3. The van der Waals surface area contributed by atoms with Crippen LogP contribution in [0.25, 0.3) is 0 Å². The van der Waals surface area contributed by atoms with Crippen molar-refractivity contribution in [3.63, 3.8) is 0 Å². The van der Waals surface area contributed by atoms with E-state index in [1.165, 1.54) is 11.1 Å². The Morgan fingerprint density at radius 3 is 3.00 bits per heavy atom. The van der Waals surface area contributed by atoms with Crippen LogP contribution in [0.5, 0.6) is 5.88 Å². The number of nitrogens with zero attached hydrogens (tertiary/aromatic N) is 1. The third-order valence-electron chi connectivity index (χ3n) is 3.47. The van der Waals surface area contributed by atoms with E-state index in [-0.39, 0.29) is 0 Å². The zero-order valence-corrected chi connectivity index (χ0v) is 12.2. The van der Waals surface area contributed by atoms with E-state index in [0.29, 0.717) is 12.5 Å². The smallest absolute Gasteiger partial charge is 0.218 e. The Hall–Kier alpha value is -1.13. The van der Waals surface area contributed by atoms with Crippen LogP contribution < -0.4 is 10.1 Å². The number of rotatable bonds is 6. The van der Waals surface area contributed by atoms with Crippen LogP contribution in [0.15, 0.2) is 6.07 Å². The first-order valence-electron chi connectivity index (χ1n) is 7.09. The van der Waals surface area contributed by atoms with Gasteiger partial charge in [-0.2, -0.15) is 0 Å². The van der Waals surface area contributed by atoms with Gasteiger partial charge in [0.25, 0.3) is 0 Å². The highest BCUT2D eigenvalue weighted by atomic mass is 16.5. The zero-order chi connectivity index (χ0) is 13.7. The molecule has 1 fully saturated rings. The molecule has 0 radical (unpaired) electrons. The summed E-state index contributed by atoms with van der Waals surface area (Å²) in [5.74, 6) is 1.29. The van der Waals surface area contributed by atoms with Gasteiger partial charge in [-0.1, -0.05) is 6.92 Å². The minimum absolute atomic E-state index is 0.509. The molecule has 1 unspecified atom stereocenters. The van der Waals surface area contributed by atoms with E-state index in [0.717, 1.165) is 44.3 Å². The fourth-order valence-corrected chi connectivity index (χ4v) is 2.33. The van der Waals surface area contributed by atoms with Gasteiger partial charge in [0.1, 0.15) is 0 Å². The first-order valence-corrected chi connectivity index (χ1v) is 7.09. The SMILES string of the molecule is CCNCc1c(C)cc(C)nc1OCC1CCOC1. The molecule has 0 saturated carbocycles. The third kappa shape index (κ3) is 3.91. The Morgan fingerprint density at radius 1 is 1.47 bits per heavy atom. The van der Waals surface area contributed by atoms with E-state index in [9.17, 15) is 0 Å². The van der Waals surface area contributed by atoms with Gasteiger partial charge in [-0.25, -0.2) is 4.98 Å². The highest BCUT2D eigenvalue weighted by Gasteiger charge is 2.18. The quantitative estimate of drug-likeness (QED) is 0.855. The summed E-state index contributed by atoms with van der Waals surface area (Å²) in [5.41, 5.74) is 3.42. The fourth-order valence-electron chi connectivity index (χ4n) is 2.33. The molecule has 1 atom stereocenters. The predicted octanol–water partition coefficient (Wildman–Crippen LogP) is 2.22. The number of hydrogen-bond donors (Lipinski definition) is 1. The van der Waals surface area contributed by atoms with Crippen molar-refractivity contribution in [1.29, 1.82) is 0 Å². The van der Waals surface area contributed by atoms with E-state index in [1.807, 2.05) is 6.92 Å². The second kappa shape index (κ2) is 6.87. The number of ether oxygens (including phenoxy) is 2. The second-order valence-corrected chi connectivity index (χ2v) is 5.19. The lowest BCUT2D eigenvalue weighted by Crippen LogP contribution is -2.17. The highest BCUT2D eigenvalue weighted by molar-refractivity contribution is 5.35. The summed E-state index contributed by atoms with van der Waals surface area (Å²) in [6, 6.07) is 2.11. The van der Waals surface area contributed by atoms with Crippen molar-refractivity contribution in [2.24, 2.45) is 5.92 Å². The number of hydrogen-bond acceptors (Lipinski definition) is 4. The molecule has 1 aromatic rings. The third-order valence-corrected chi connectivity index (χ3v) is 3.47. The molecule has 4 nitrogen and oxygen atoms in total. The predicted molar refractivity (Wildman–Crippen MR) is 75.5 cm³/mol. The monoisotopic (exact) mass is 264 g/mol. The maximum atomic E-state index is 5.95. The van der Waals surface area contributed by atoms with Gasteiger partial charge in [-0.05, 0) is 38.4 Å². The lowest BCUT2D eigenvalue weighted by Gasteiger charge is -2.16. The summed E-state index contributed by atoms with van der Waals surface area (Å²) in [6.45, 7) is 10.4. The summed E-state index contributed by atoms with van der Waals surface area (Å²) in [5, 5.41) is 3.35. The van der Waals surface area contributed by atoms with Crippen molar-refractivity contribution in [3.8, 4) is 5.88 Å². The lowest BCUT2D eigenvalue weighted by molar-refractivity contribution is 0.165. The van der Waals surface area contributed by atoms with Gasteiger partial charge in [-0.3, -0.25) is 0 Å². The van der Waals surface area contributed by atoms with Crippen LogP contribution >= 0.6 is 0 Å². The summed E-state index contributed by atoms with van der Waals surface area (Å²) in [6.07, 6.45) is 1.09. The van der Waals surface area contributed by atoms with Gasteiger partial charge in [0.05, 0.1) is 13.2 Å². The molecule has 2 heterocycles. The maximum Gasteiger partial charge on any atom is 0.218 e. The van der Waals surface area contributed by atoms with Crippen LogP contribution in [-0.4, -0.2) is 31.3 Å². The molecule has 0 bridgehead atoms. The summed E-state index contributed by atoms with van der Waals surface area (Å²) < 4.78 is 11.3. The lowest BCUT2D eigenvalue weighted by atomic mass is 10.1. The van der Waals surface area contributed by atoms with E-state index < -0.39 is 0 Å². The maximum absolute atomic E-state index is 5.95. The fraction of sp³-hybridized carbons (Fsp3) is 0.667. The van der Waals surface area contributed by atoms with Gasteiger partial charge in [0, 0.05) is 30.3 Å². The van der Waals surface area contributed by atoms with Crippen LogP contribution in [0.1, 0.15) is 30.2 Å². The van der Waals surface area contributed by atoms with E-state index in [2.05, 4.69) is 30.2 Å². The summed E-state index contributed by atoms with van der Waals surface area (Å²) in [7, 11) is 0. The molecule has 1 aromatic heterocycles. The number of aryl methyl sites for hydroxylation is 2. The number of aromatic nitrogens is 1. The second-order valence-electron chi connectivity index (χ2n) is 5.19. The molecule has 0 spiro atoms. The first-order chi connectivity index (χ1) is 9.20. The van der Waals surface area contributed by atoms with Crippen LogP contribution in [0, 0.1) is 19.8 Å². The normalized spacial score (nSPS) is 18.8. The van der Waals surface area contributed by atoms with Gasteiger partial charge in [-0.15, -0.1) is 0 Å². The van der Waals surface area contributed by atoms with Crippen molar-refractivity contribution in [3.05, 3.63) is 22.9 Å². The molecule has 106 valence electrons. The minimum atomic E-state index is 0.509. The Kier molecular flexibility index (Phi) is 5.16. The van der Waals surface area contributed by atoms with Crippen molar-refractivity contribution >= 4 is 0 Å².